The molecule has 0 aromatic heterocycles. The van der Waals surface area contributed by atoms with Gasteiger partial charge in [-0.3, -0.25) is 4.79 Å². The number of nitrogens with zero attached hydrogens (tertiary/aromatic N) is 2. The van der Waals surface area contributed by atoms with E-state index in [1.54, 1.807) is 24.3 Å². The highest BCUT2D eigenvalue weighted by molar-refractivity contribution is 5.94. The van der Waals surface area contributed by atoms with Gasteiger partial charge in [0.2, 0.25) is 0 Å². The third-order valence-electron chi connectivity index (χ3n) is 4.13. The molecule has 0 saturated carbocycles. The Labute approximate surface area is 136 Å². The monoisotopic (exact) mass is 305 g/mol. The van der Waals surface area contributed by atoms with Crippen LogP contribution in [0.5, 0.6) is 0 Å². The third kappa shape index (κ3) is 3.51. The van der Waals surface area contributed by atoms with Gasteiger partial charge in [0.15, 0.2) is 0 Å². The van der Waals surface area contributed by atoms with Crippen molar-refractivity contribution in [2.75, 3.05) is 24.5 Å². The van der Waals surface area contributed by atoms with Gasteiger partial charge in [0.05, 0.1) is 11.6 Å². The number of hydrogen-bond acceptors (Lipinski definition) is 3. The molecule has 116 valence electrons. The summed E-state index contributed by atoms with van der Waals surface area (Å²) in [6, 6.07) is 17.3. The molecular weight excluding hydrogens is 286 g/mol. The second-order valence-corrected chi connectivity index (χ2v) is 5.67. The summed E-state index contributed by atoms with van der Waals surface area (Å²) < 4.78 is 0. The molecule has 23 heavy (non-hydrogen) atoms. The number of nitriles is 1. The second kappa shape index (κ2) is 6.97. The van der Waals surface area contributed by atoms with Crippen molar-refractivity contribution < 1.29 is 4.79 Å². The smallest absolute Gasteiger partial charge is 0.251 e. The topological polar surface area (TPSA) is 56.1 Å². The number of amides is 1. The van der Waals surface area contributed by atoms with E-state index in [9.17, 15) is 4.79 Å². The van der Waals surface area contributed by atoms with Crippen LogP contribution in [0.4, 0.5) is 5.69 Å². The number of anilines is 1. The van der Waals surface area contributed by atoms with Crippen LogP contribution >= 0.6 is 0 Å². The molecule has 4 heteroatoms. The lowest BCUT2D eigenvalue weighted by Gasteiger charge is -2.19. The van der Waals surface area contributed by atoms with Crippen LogP contribution in [0.1, 0.15) is 27.9 Å². The van der Waals surface area contributed by atoms with Crippen LogP contribution in [-0.4, -0.2) is 25.5 Å². The average molecular weight is 305 g/mol. The Morgan fingerprint density at radius 3 is 2.96 bits per heavy atom. The number of fused-ring (bicyclic) bond motifs is 1. The Bertz CT molecular complexity index is 748. The van der Waals surface area contributed by atoms with E-state index >= 15 is 0 Å². The van der Waals surface area contributed by atoms with E-state index in [1.165, 1.54) is 11.3 Å². The van der Waals surface area contributed by atoms with Gasteiger partial charge in [-0.05, 0) is 42.7 Å². The average Bonchev–Trinajstić information content (AvgIpc) is 3.02. The van der Waals surface area contributed by atoms with Crippen molar-refractivity contribution in [3.05, 3.63) is 65.2 Å². The molecule has 0 spiro atoms. The molecule has 0 saturated heterocycles. The normalized spacial score (nSPS) is 12.6. The number of carbonyl (C=O) groups is 1. The number of nitrogens with one attached hydrogen (secondary N) is 1. The molecule has 4 nitrogen and oxygen atoms in total. The van der Waals surface area contributed by atoms with E-state index in [0.29, 0.717) is 17.7 Å². The van der Waals surface area contributed by atoms with E-state index < -0.39 is 0 Å². The van der Waals surface area contributed by atoms with Crippen molar-refractivity contribution in [3.8, 4) is 6.07 Å². The number of para-hydroxylation sites is 1. The van der Waals surface area contributed by atoms with Gasteiger partial charge in [0, 0.05) is 30.9 Å². The summed E-state index contributed by atoms with van der Waals surface area (Å²) in [7, 11) is 0. The van der Waals surface area contributed by atoms with E-state index in [0.717, 1.165) is 25.9 Å². The van der Waals surface area contributed by atoms with E-state index in [2.05, 4.69) is 34.5 Å². The largest absolute Gasteiger partial charge is 0.371 e. The lowest BCUT2D eigenvalue weighted by atomic mass is 10.1. The van der Waals surface area contributed by atoms with E-state index in [1.807, 2.05) is 6.07 Å². The van der Waals surface area contributed by atoms with Gasteiger partial charge in [0.25, 0.3) is 5.91 Å². The second-order valence-electron chi connectivity index (χ2n) is 5.67. The van der Waals surface area contributed by atoms with Gasteiger partial charge in [-0.1, -0.05) is 24.3 Å². The zero-order valence-electron chi connectivity index (χ0n) is 13.0. The molecule has 0 bridgehead atoms. The Balaban J connectivity index is 1.47. The molecule has 0 radical (unpaired) electrons. The fraction of sp³-hybridized carbons (Fsp3) is 0.263. The fourth-order valence-corrected chi connectivity index (χ4v) is 2.94. The Morgan fingerprint density at radius 1 is 1.22 bits per heavy atom. The molecule has 0 aliphatic carbocycles. The van der Waals surface area contributed by atoms with Crippen LogP contribution in [-0.2, 0) is 6.42 Å². The minimum atomic E-state index is -0.121. The Morgan fingerprint density at radius 2 is 2.09 bits per heavy atom. The fourth-order valence-electron chi connectivity index (χ4n) is 2.94. The summed E-state index contributed by atoms with van der Waals surface area (Å²) in [5.74, 6) is -0.121. The predicted molar refractivity (Wildman–Crippen MR) is 90.5 cm³/mol. The third-order valence-corrected chi connectivity index (χ3v) is 4.13. The van der Waals surface area contributed by atoms with Crippen molar-refractivity contribution in [2.24, 2.45) is 0 Å². The Kier molecular flexibility index (Phi) is 4.58. The van der Waals surface area contributed by atoms with Crippen molar-refractivity contribution in [3.63, 3.8) is 0 Å². The van der Waals surface area contributed by atoms with Gasteiger partial charge in [0.1, 0.15) is 0 Å². The van der Waals surface area contributed by atoms with Crippen LogP contribution < -0.4 is 10.2 Å². The quantitative estimate of drug-likeness (QED) is 0.864. The maximum atomic E-state index is 12.1. The molecule has 1 heterocycles. The standard InChI is InChI=1S/C19H19N3O/c20-14-15-5-3-7-17(13-15)19(23)21-10-4-11-22-12-9-16-6-1-2-8-18(16)22/h1-3,5-8,13H,4,9-12H2,(H,21,23). The maximum absolute atomic E-state index is 12.1. The van der Waals surface area contributed by atoms with Crippen molar-refractivity contribution in [2.45, 2.75) is 12.8 Å². The highest BCUT2D eigenvalue weighted by atomic mass is 16.1. The lowest BCUT2D eigenvalue weighted by molar-refractivity contribution is 0.0953. The molecule has 2 aromatic rings. The van der Waals surface area contributed by atoms with Crippen molar-refractivity contribution >= 4 is 11.6 Å². The van der Waals surface area contributed by atoms with Crippen molar-refractivity contribution in [1.82, 2.24) is 5.32 Å². The lowest BCUT2D eigenvalue weighted by Crippen LogP contribution is -2.29. The summed E-state index contributed by atoms with van der Waals surface area (Å²) in [6.07, 6.45) is 2.00. The molecule has 1 aliphatic rings. The molecular formula is C19H19N3O. The van der Waals surface area contributed by atoms with Gasteiger partial charge < -0.3 is 10.2 Å². The molecule has 0 fully saturated rings. The maximum Gasteiger partial charge on any atom is 0.251 e. The molecule has 1 amide bonds. The van der Waals surface area contributed by atoms with Gasteiger partial charge in [-0.2, -0.15) is 5.26 Å². The summed E-state index contributed by atoms with van der Waals surface area (Å²) in [6.45, 7) is 2.63. The zero-order valence-corrected chi connectivity index (χ0v) is 13.0. The number of rotatable bonds is 5. The summed E-state index contributed by atoms with van der Waals surface area (Å²) in [5.41, 5.74) is 3.77. The first kappa shape index (κ1) is 15.1. The molecule has 0 unspecified atom stereocenters. The highest BCUT2D eigenvalue weighted by Gasteiger charge is 2.17. The van der Waals surface area contributed by atoms with Crippen LogP contribution in [0.15, 0.2) is 48.5 Å². The number of hydrogen-bond donors (Lipinski definition) is 1. The Hall–Kier alpha value is -2.80. The minimum absolute atomic E-state index is 0.121. The predicted octanol–water partition coefficient (Wildman–Crippen LogP) is 2.74. The van der Waals surface area contributed by atoms with Crippen LogP contribution in [0.3, 0.4) is 0 Å². The summed E-state index contributed by atoms with van der Waals surface area (Å²) >= 11 is 0. The highest BCUT2D eigenvalue weighted by Crippen LogP contribution is 2.27. The zero-order chi connectivity index (χ0) is 16.1. The number of carbonyl (C=O) groups excluding carboxylic acids is 1. The van der Waals surface area contributed by atoms with Crippen LogP contribution in [0, 0.1) is 11.3 Å². The molecule has 1 N–H and O–H groups in total. The van der Waals surface area contributed by atoms with Crippen LogP contribution in [0.25, 0.3) is 0 Å². The first-order chi connectivity index (χ1) is 11.3. The van der Waals surface area contributed by atoms with Crippen LogP contribution in [0.2, 0.25) is 0 Å². The molecule has 3 rings (SSSR count). The molecule has 2 aromatic carbocycles. The van der Waals surface area contributed by atoms with E-state index in [-0.39, 0.29) is 5.91 Å². The summed E-state index contributed by atoms with van der Waals surface area (Å²) in [4.78, 5) is 14.4. The molecule has 1 aliphatic heterocycles. The van der Waals surface area contributed by atoms with Crippen molar-refractivity contribution in [1.29, 1.82) is 5.26 Å². The summed E-state index contributed by atoms with van der Waals surface area (Å²) in [5, 5.41) is 11.8. The first-order valence-electron chi connectivity index (χ1n) is 7.89. The first-order valence-corrected chi connectivity index (χ1v) is 7.89. The van der Waals surface area contributed by atoms with E-state index in [4.69, 9.17) is 5.26 Å². The minimum Gasteiger partial charge on any atom is -0.371 e. The number of benzene rings is 2. The van der Waals surface area contributed by atoms with Gasteiger partial charge in [-0.15, -0.1) is 0 Å². The van der Waals surface area contributed by atoms with Gasteiger partial charge in [-0.25, -0.2) is 0 Å². The SMILES string of the molecule is N#Cc1cccc(C(=O)NCCCN2CCc3ccccc32)c1. The van der Waals surface area contributed by atoms with Gasteiger partial charge >= 0.3 is 0 Å². The molecule has 0 atom stereocenters.